The number of nitrogens with zero attached hydrogens (tertiary/aromatic N) is 1. The van der Waals surface area contributed by atoms with Crippen molar-refractivity contribution in [2.75, 3.05) is 19.4 Å². The molecule has 1 unspecified atom stereocenters. The number of terminal acetylenes is 1. The van der Waals surface area contributed by atoms with Gasteiger partial charge in [0.25, 0.3) is 5.56 Å². The predicted molar refractivity (Wildman–Crippen MR) is 120 cm³/mol. The van der Waals surface area contributed by atoms with Gasteiger partial charge in [-0.15, -0.1) is 6.42 Å². The van der Waals surface area contributed by atoms with E-state index in [-0.39, 0.29) is 37.9 Å². The molecule has 5 atom stereocenters. The van der Waals surface area contributed by atoms with Gasteiger partial charge in [-0.05, 0) is 26.2 Å². The molecular formula is C22H31N2O8P. The highest BCUT2D eigenvalue weighted by Crippen LogP contribution is 2.62. The fraction of sp³-hybridized carbons (Fsp3) is 0.682. The van der Waals surface area contributed by atoms with Crippen LogP contribution in [-0.4, -0.2) is 47.1 Å². The summed E-state index contributed by atoms with van der Waals surface area (Å²) in [5.74, 6) is 1.94. The Morgan fingerprint density at radius 3 is 2.76 bits per heavy atom. The minimum absolute atomic E-state index is 0.000505. The molecule has 0 saturated carbocycles. The fourth-order valence-corrected chi connectivity index (χ4v) is 6.47. The van der Waals surface area contributed by atoms with Crippen LogP contribution in [0.4, 0.5) is 0 Å². The molecular weight excluding hydrogens is 451 g/mol. The van der Waals surface area contributed by atoms with Crippen LogP contribution >= 0.6 is 7.60 Å². The lowest BCUT2D eigenvalue weighted by atomic mass is 9.77. The molecule has 0 aromatic carbocycles. The van der Waals surface area contributed by atoms with E-state index in [1.165, 1.54) is 16.8 Å². The van der Waals surface area contributed by atoms with E-state index < -0.39 is 47.9 Å². The molecule has 0 spiro atoms. The first-order chi connectivity index (χ1) is 15.3. The van der Waals surface area contributed by atoms with E-state index >= 15 is 0 Å². The summed E-state index contributed by atoms with van der Waals surface area (Å²) in [6, 6.07) is 1.21. The van der Waals surface area contributed by atoms with Crippen LogP contribution in [0, 0.1) is 29.1 Å². The molecule has 2 aliphatic rings. The van der Waals surface area contributed by atoms with Gasteiger partial charge in [-0.25, -0.2) is 4.79 Å². The number of aromatic nitrogens is 2. The maximum atomic E-state index is 13.4. The standard InChI is InChI=1S/C22H31N2O8P/c1-7-22(6)15-12-33(28,30-13-21(4,5)10-18(26)31-14(2)3)29-11-16(15)32-19(22)24-9-8-17(25)23-20(24)27/h1,8-9,14-16,19H,10-13H2,2-6H3,(H,23,25,27)/t15-,16-,19-,22-,33?/m1/s1. The molecule has 10 nitrogen and oxygen atoms in total. The summed E-state index contributed by atoms with van der Waals surface area (Å²) in [5.41, 5.74) is -2.82. The number of nitrogens with one attached hydrogen (secondary N) is 1. The van der Waals surface area contributed by atoms with E-state index in [9.17, 15) is 18.9 Å². The average Bonchev–Trinajstić information content (AvgIpc) is 2.98. The second-order valence-electron chi connectivity index (χ2n) is 9.82. The van der Waals surface area contributed by atoms with Crippen molar-refractivity contribution in [3.63, 3.8) is 0 Å². The van der Waals surface area contributed by atoms with Gasteiger partial charge in [0.05, 0.1) is 43.4 Å². The zero-order chi connectivity index (χ0) is 24.6. The Hall–Kier alpha value is -2.18. The first kappa shape index (κ1) is 25.4. The smallest absolute Gasteiger partial charge is 0.331 e. The number of hydrogen-bond acceptors (Lipinski definition) is 8. The van der Waals surface area contributed by atoms with Crippen LogP contribution in [0.15, 0.2) is 21.9 Å². The minimum atomic E-state index is -3.55. The van der Waals surface area contributed by atoms with Crippen molar-refractivity contribution in [1.82, 2.24) is 9.55 Å². The van der Waals surface area contributed by atoms with Crippen LogP contribution in [0.2, 0.25) is 0 Å². The monoisotopic (exact) mass is 482 g/mol. The molecule has 1 N–H and O–H groups in total. The summed E-state index contributed by atoms with van der Waals surface area (Å²) in [5, 5.41) is 0. The lowest BCUT2D eigenvalue weighted by molar-refractivity contribution is -0.150. The number of fused-ring (bicyclic) bond motifs is 1. The minimum Gasteiger partial charge on any atom is -0.463 e. The summed E-state index contributed by atoms with van der Waals surface area (Å²) in [6.07, 6.45) is 5.69. The van der Waals surface area contributed by atoms with Crippen LogP contribution in [0.25, 0.3) is 0 Å². The Kier molecular flexibility index (Phi) is 7.11. The van der Waals surface area contributed by atoms with Crippen LogP contribution in [-0.2, 0) is 27.9 Å². The third-order valence-electron chi connectivity index (χ3n) is 5.95. The highest BCUT2D eigenvalue weighted by molar-refractivity contribution is 7.53. The summed E-state index contributed by atoms with van der Waals surface area (Å²) in [4.78, 5) is 38.0. The Balaban J connectivity index is 1.75. The van der Waals surface area contributed by atoms with E-state index in [2.05, 4.69) is 10.9 Å². The number of ether oxygens (including phenoxy) is 2. The number of esters is 1. The molecule has 0 radical (unpaired) electrons. The van der Waals surface area contributed by atoms with Crippen molar-refractivity contribution in [1.29, 1.82) is 0 Å². The number of rotatable bonds is 7. The lowest BCUT2D eigenvalue weighted by Gasteiger charge is -2.36. The number of carbonyl (C=O) groups is 1. The molecule has 2 saturated heterocycles. The van der Waals surface area contributed by atoms with Gasteiger partial charge in [0.15, 0.2) is 6.23 Å². The largest absolute Gasteiger partial charge is 0.463 e. The SMILES string of the molecule is C#C[C@]1(C)[C@@H]2CP(=O)(OCC(C)(C)CC(=O)OC(C)C)OC[C@H]2O[C@H]1n1ccc(=O)[nH]c1=O. The first-order valence-corrected chi connectivity index (χ1v) is 12.5. The zero-order valence-corrected chi connectivity index (χ0v) is 20.4. The second-order valence-corrected chi connectivity index (χ2v) is 11.9. The fourth-order valence-electron chi connectivity index (χ4n) is 4.17. The number of H-pyrrole nitrogens is 1. The van der Waals surface area contributed by atoms with Crippen molar-refractivity contribution in [2.45, 2.75) is 59.5 Å². The predicted octanol–water partition coefficient (Wildman–Crippen LogP) is 2.30. The second kappa shape index (κ2) is 9.22. The highest BCUT2D eigenvalue weighted by Gasteiger charge is 2.58. The van der Waals surface area contributed by atoms with Crippen molar-refractivity contribution < 1.29 is 27.9 Å². The third kappa shape index (κ3) is 5.49. The maximum absolute atomic E-state index is 13.4. The number of aromatic amines is 1. The van der Waals surface area contributed by atoms with Crippen LogP contribution in [0.1, 0.15) is 47.3 Å². The molecule has 33 heavy (non-hydrogen) atoms. The molecule has 3 heterocycles. The van der Waals surface area contributed by atoms with E-state index in [4.69, 9.17) is 24.9 Å². The van der Waals surface area contributed by atoms with Crippen LogP contribution in [0.5, 0.6) is 0 Å². The molecule has 1 aromatic rings. The Bertz CT molecular complexity index is 1100. The lowest BCUT2D eigenvalue weighted by Crippen LogP contribution is -2.41. The van der Waals surface area contributed by atoms with Crippen LogP contribution < -0.4 is 11.2 Å². The third-order valence-corrected chi connectivity index (χ3v) is 7.85. The van der Waals surface area contributed by atoms with Gasteiger partial charge in [0.2, 0.25) is 0 Å². The molecule has 0 aliphatic carbocycles. The quantitative estimate of drug-likeness (QED) is 0.357. The van der Waals surface area contributed by atoms with Crippen molar-refractivity contribution in [3.05, 3.63) is 33.1 Å². The van der Waals surface area contributed by atoms with Gasteiger partial charge in [-0.2, -0.15) is 0 Å². The highest BCUT2D eigenvalue weighted by atomic mass is 31.2. The number of carbonyl (C=O) groups excluding carboxylic acids is 1. The van der Waals surface area contributed by atoms with Gasteiger partial charge in [-0.3, -0.25) is 23.7 Å². The summed E-state index contributed by atoms with van der Waals surface area (Å²) < 4.78 is 37.3. The Morgan fingerprint density at radius 1 is 1.45 bits per heavy atom. The summed E-state index contributed by atoms with van der Waals surface area (Å²) >= 11 is 0. The van der Waals surface area contributed by atoms with Gasteiger partial charge < -0.3 is 18.5 Å². The van der Waals surface area contributed by atoms with E-state index in [1.54, 1.807) is 20.8 Å². The topological polar surface area (TPSA) is 126 Å². The summed E-state index contributed by atoms with van der Waals surface area (Å²) in [6.45, 7) is 8.92. The zero-order valence-electron chi connectivity index (χ0n) is 19.5. The van der Waals surface area contributed by atoms with E-state index in [0.29, 0.717) is 0 Å². The average molecular weight is 482 g/mol. The normalized spacial score (nSPS) is 31.7. The molecule has 2 fully saturated rings. The molecule has 1 aromatic heterocycles. The van der Waals surface area contributed by atoms with Gasteiger partial charge in [0, 0.05) is 18.2 Å². The van der Waals surface area contributed by atoms with Gasteiger partial charge >= 0.3 is 19.3 Å². The Morgan fingerprint density at radius 2 is 2.15 bits per heavy atom. The summed E-state index contributed by atoms with van der Waals surface area (Å²) in [7, 11) is -3.55. The van der Waals surface area contributed by atoms with Gasteiger partial charge in [-0.1, -0.05) is 19.8 Å². The van der Waals surface area contributed by atoms with Crippen LogP contribution in [0.3, 0.4) is 0 Å². The van der Waals surface area contributed by atoms with Gasteiger partial charge in [0.1, 0.15) is 0 Å². The van der Waals surface area contributed by atoms with Crippen molar-refractivity contribution in [2.24, 2.45) is 16.7 Å². The molecule has 11 heteroatoms. The van der Waals surface area contributed by atoms with Crippen molar-refractivity contribution >= 4 is 13.6 Å². The van der Waals surface area contributed by atoms with E-state index in [0.717, 1.165) is 0 Å². The molecule has 182 valence electrons. The Labute approximate surface area is 192 Å². The molecule has 0 bridgehead atoms. The first-order valence-electron chi connectivity index (χ1n) is 10.8. The maximum Gasteiger partial charge on any atom is 0.331 e. The number of hydrogen-bond donors (Lipinski definition) is 1. The molecule has 3 rings (SSSR count). The molecule has 0 amide bonds. The van der Waals surface area contributed by atoms with Crippen molar-refractivity contribution in [3.8, 4) is 12.3 Å². The molecule has 2 aliphatic heterocycles. The van der Waals surface area contributed by atoms with E-state index in [1.807, 2.05) is 13.8 Å².